The Morgan fingerprint density at radius 1 is 1.26 bits per heavy atom. The van der Waals surface area contributed by atoms with Gasteiger partial charge in [0.05, 0.1) is 11.6 Å². The van der Waals surface area contributed by atoms with Crippen LogP contribution in [0.3, 0.4) is 0 Å². The van der Waals surface area contributed by atoms with Crippen molar-refractivity contribution in [2.45, 2.75) is 13.5 Å². The van der Waals surface area contributed by atoms with Crippen molar-refractivity contribution in [3.63, 3.8) is 0 Å². The van der Waals surface area contributed by atoms with Gasteiger partial charge < -0.3 is 9.84 Å². The number of aryl methyl sites for hydroxylation is 1. The minimum atomic E-state index is 0.168. The van der Waals surface area contributed by atoms with Gasteiger partial charge in [0, 0.05) is 16.7 Å². The first-order valence-electron chi connectivity index (χ1n) is 5.70. The van der Waals surface area contributed by atoms with Gasteiger partial charge in [-0.25, -0.2) is 0 Å². The Morgan fingerprint density at radius 3 is 2.68 bits per heavy atom. The van der Waals surface area contributed by atoms with Crippen LogP contribution in [0.5, 0.6) is 11.5 Å². The highest BCUT2D eigenvalue weighted by atomic mass is 35.5. The second-order valence-corrected chi connectivity index (χ2v) is 4.62. The molecule has 2 rings (SSSR count). The van der Waals surface area contributed by atoms with Crippen molar-refractivity contribution >= 4 is 11.6 Å². The van der Waals surface area contributed by atoms with E-state index in [-0.39, 0.29) is 12.4 Å². The molecular weight excluding hydrogens is 262 g/mol. The molecule has 0 saturated heterocycles. The number of phenols is 1. The molecule has 0 fully saturated rings. The van der Waals surface area contributed by atoms with E-state index in [9.17, 15) is 5.11 Å². The van der Waals surface area contributed by atoms with Crippen molar-refractivity contribution < 1.29 is 9.84 Å². The molecule has 0 aliphatic carbocycles. The van der Waals surface area contributed by atoms with Gasteiger partial charge in [-0.1, -0.05) is 17.7 Å². The molecule has 19 heavy (non-hydrogen) atoms. The van der Waals surface area contributed by atoms with E-state index in [4.69, 9.17) is 21.6 Å². The van der Waals surface area contributed by atoms with Crippen LogP contribution < -0.4 is 4.74 Å². The molecule has 0 spiro atoms. The fourth-order valence-electron chi connectivity index (χ4n) is 1.71. The van der Waals surface area contributed by atoms with Gasteiger partial charge in [-0.3, -0.25) is 0 Å². The third-order valence-electron chi connectivity index (χ3n) is 2.61. The van der Waals surface area contributed by atoms with Gasteiger partial charge in [0.25, 0.3) is 0 Å². The fraction of sp³-hybridized carbons (Fsp3) is 0.133. The van der Waals surface area contributed by atoms with Gasteiger partial charge >= 0.3 is 0 Å². The predicted molar refractivity (Wildman–Crippen MR) is 73.3 cm³/mol. The second-order valence-electron chi connectivity index (χ2n) is 4.21. The molecule has 1 N–H and O–H groups in total. The van der Waals surface area contributed by atoms with Gasteiger partial charge in [0.2, 0.25) is 0 Å². The van der Waals surface area contributed by atoms with Crippen molar-refractivity contribution in [2.75, 3.05) is 0 Å². The maximum absolute atomic E-state index is 9.47. The second kappa shape index (κ2) is 5.64. The summed E-state index contributed by atoms with van der Waals surface area (Å²) in [6.45, 7) is 2.16. The zero-order chi connectivity index (χ0) is 13.8. The molecule has 0 aliphatic heterocycles. The molecule has 96 valence electrons. The molecule has 0 aliphatic rings. The Bertz CT molecular complexity index is 627. The number of nitriles is 1. The van der Waals surface area contributed by atoms with Crippen LogP contribution in [0.25, 0.3) is 0 Å². The predicted octanol–water partition coefficient (Wildman–Crippen LogP) is 3.80. The minimum Gasteiger partial charge on any atom is -0.508 e. The number of hydrogen-bond acceptors (Lipinski definition) is 3. The fourth-order valence-corrected chi connectivity index (χ4v) is 1.94. The van der Waals surface area contributed by atoms with Gasteiger partial charge in [0.1, 0.15) is 18.1 Å². The van der Waals surface area contributed by atoms with E-state index in [2.05, 4.69) is 0 Å². The smallest absolute Gasteiger partial charge is 0.123 e. The van der Waals surface area contributed by atoms with Crippen molar-refractivity contribution in [2.24, 2.45) is 0 Å². The van der Waals surface area contributed by atoms with Crippen LogP contribution in [0.15, 0.2) is 36.4 Å². The van der Waals surface area contributed by atoms with E-state index in [0.29, 0.717) is 16.3 Å². The number of ether oxygens (including phenoxy) is 1. The van der Waals surface area contributed by atoms with E-state index in [1.165, 1.54) is 0 Å². The van der Waals surface area contributed by atoms with Crippen LogP contribution in [0.1, 0.15) is 16.7 Å². The molecular formula is C15H12ClNO2. The van der Waals surface area contributed by atoms with Gasteiger partial charge in [-0.2, -0.15) is 5.26 Å². The highest BCUT2D eigenvalue weighted by Gasteiger charge is 2.04. The number of hydrogen-bond donors (Lipinski definition) is 1. The molecule has 0 atom stereocenters. The third kappa shape index (κ3) is 3.40. The van der Waals surface area contributed by atoms with Crippen LogP contribution >= 0.6 is 11.6 Å². The molecule has 0 heterocycles. The quantitative estimate of drug-likeness (QED) is 0.925. The average Bonchev–Trinajstić information content (AvgIpc) is 2.36. The molecule has 2 aromatic rings. The van der Waals surface area contributed by atoms with Crippen LogP contribution in [-0.4, -0.2) is 5.11 Å². The average molecular weight is 274 g/mol. The molecule has 0 amide bonds. The van der Waals surface area contributed by atoms with E-state index in [1.54, 1.807) is 30.3 Å². The third-order valence-corrected chi connectivity index (χ3v) is 2.96. The first kappa shape index (κ1) is 13.3. The number of nitrogens with zero attached hydrogens (tertiary/aromatic N) is 1. The summed E-state index contributed by atoms with van der Waals surface area (Å²) in [6.07, 6.45) is 0. The minimum absolute atomic E-state index is 0.168. The number of benzene rings is 2. The Labute approximate surface area is 116 Å². The van der Waals surface area contributed by atoms with E-state index < -0.39 is 0 Å². The SMILES string of the molecule is Cc1cc(O)cc(OCc2ccc(C#N)cc2Cl)c1. The standard InChI is InChI=1S/C15H12ClNO2/c1-10-4-13(18)7-14(5-10)19-9-12-3-2-11(8-17)6-15(12)16/h2-7,18H,9H2,1H3. The van der Waals surface area contributed by atoms with Crippen molar-refractivity contribution in [3.8, 4) is 17.6 Å². The lowest BCUT2D eigenvalue weighted by molar-refractivity contribution is 0.304. The van der Waals surface area contributed by atoms with E-state index >= 15 is 0 Å². The Kier molecular flexibility index (Phi) is 3.94. The topological polar surface area (TPSA) is 53.2 Å². The lowest BCUT2D eigenvalue weighted by Crippen LogP contribution is -1.97. The molecule has 0 unspecified atom stereocenters. The molecule has 0 bridgehead atoms. The van der Waals surface area contributed by atoms with Crippen molar-refractivity contribution in [3.05, 3.63) is 58.1 Å². The van der Waals surface area contributed by atoms with Crippen LogP contribution in [0.4, 0.5) is 0 Å². The number of rotatable bonds is 3. The normalized spacial score (nSPS) is 9.95. The molecule has 0 aromatic heterocycles. The largest absolute Gasteiger partial charge is 0.508 e. The summed E-state index contributed by atoms with van der Waals surface area (Å²) in [7, 11) is 0. The van der Waals surface area contributed by atoms with Gasteiger partial charge in [-0.05, 0) is 36.8 Å². The number of phenolic OH excluding ortho intramolecular Hbond substituents is 1. The van der Waals surface area contributed by atoms with Crippen LogP contribution in [0, 0.1) is 18.3 Å². The van der Waals surface area contributed by atoms with Gasteiger partial charge in [0.15, 0.2) is 0 Å². The maximum atomic E-state index is 9.47. The van der Waals surface area contributed by atoms with Crippen molar-refractivity contribution in [1.82, 2.24) is 0 Å². The monoisotopic (exact) mass is 273 g/mol. The molecule has 0 radical (unpaired) electrons. The zero-order valence-corrected chi connectivity index (χ0v) is 11.1. The summed E-state index contributed by atoms with van der Waals surface area (Å²) in [5.74, 6) is 0.749. The summed E-state index contributed by atoms with van der Waals surface area (Å²) in [5, 5.41) is 18.7. The summed E-state index contributed by atoms with van der Waals surface area (Å²) >= 11 is 6.06. The van der Waals surface area contributed by atoms with Crippen molar-refractivity contribution in [1.29, 1.82) is 5.26 Å². The Morgan fingerprint density at radius 2 is 2.05 bits per heavy atom. The van der Waals surface area contributed by atoms with E-state index in [0.717, 1.165) is 11.1 Å². The molecule has 3 nitrogen and oxygen atoms in total. The summed E-state index contributed by atoms with van der Waals surface area (Å²) < 4.78 is 5.58. The van der Waals surface area contributed by atoms with Crippen LogP contribution in [0.2, 0.25) is 5.02 Å². The first-order chi connectivity index (χ1) is 9.08. The highest BCUT2D eigenvalue weighted by molar-refractivity contribution is 6.31. The summed E-state index contributed by atoms with van der Waals surface area (Å²) in [5.41, 5.74) is 2.23. The molecule has 2 aromatic carbocycles. The number of halogens is 1. The lowest BCUT2D eigenvalue weighted by Gasteiger charge is -2.09. The molecule has 0 saturated carbocycles. The highest BCUT2D eigenvalue weighted by Crippen LogP contribution is 2.24. The van der Waals surface area contributed by atoms with Crippen LogP contribution in [-0.2, 0) is 6.61 Å². The summed E-state index contributed by atoms with van der Waals surface area (Å²) in [6, 6.07) is 12.1. The summed E-state index contributed by atoms with van der Waals surface area (Å²) in [4.78, 5) is 0. The zero-order valence-electron chi connectivity index (χ0n) is 10.4. The van der Waals surface area contributed by atoms with E-state index in [1.807, 2.05) is 19.1 Å². The lowest BCUT2D eigenvalue weighted by atomic mass is 10.1. The maximum Gasteiger partial charge on any atom is 0.123 e. The molecule has 4 heteroatoms. The Hall–Kier alpha value is -2.18. The Balaban J connectivity index is 2.12. The number of aromatic hydroxyl groups is 1. The first-order valence-corrected chi connectivity index (χ1v) is 6.08. The van der Waals surface area contributed by atoms with Gasteiger partial charge in [-0.15, -0.1) is 0 Å².